The molecule has 0 unspecified atom stereocenters. The van der Waals surface area contributed by atoms with Crippen LogP contribution < -0.4 is 9.64 Å². The van der Waals surface area contributed by atoms with E-state index in [4.69, 9.17) is 23.9 Å². The Balaban J connectivity index is 0.992. The topological polar surface area (TPSA) is 144 Å². The number of nitrogens with zero attached hydrogens (tertiary/aromatic N) is 8. The molecule has 15 nitrogen and oxygen atoms in total. The fourth-order valence-electron chi connectivity index (χ4n) is 5.73. The summed E-state index contributed by atoms with van der Waals surface area (Å²) in [6.45, 7) is 4.47. The average molecular weight is 593 g/mol. The van der Waals surface area contributed by atoms with Gasteiger partial charge in [0.05, 0.1) is 64.2 Å². The number of aromatic nitrogens is 4. The molecule has 43 heavy (non-hydrogen) atoms. The molecule has 3 aromatic heterocycles. The third-order valence-corrected chi connectivity index (χ3v) is 8.29. The zero-order valence-electron chi connectivity index (χ0n) is 23.7. The Hall–Kier alpha value is -4.66. The van der Waals surface area contributed by atoms with Crippen molar-refractivity contribution in [3.63, 3.8) is 0 Å². The van der Waals surface area contributed by atoms with Crippen LogP contribution in [0.4, 0.5) is 15.4 Å². The maximum absolute atomic E-state index is 12.9. The van der Waals surface area contributed by atoms with Gasteiger partial charge in [-0.2, -0.15) is 5.10 Å². The predicted octanol–water partition coefficient (Wildman–Crippen LogP) is 0.879. The Kier molecular flexibility index (Phi) is 7.08. The van der Waals surface area contributed by atoms with Gasteiger partial charge in [0.2, 0.25) is 11.8 Å². The summed E-state index contributed by atoms with van der Waals surface area (Å²) in [7, 11) is 1.36. The van der Waals surface area contributed by atoms with Gasteiger partial charge in [-0.3, -0.25) is 4.79 Å². The van der Waals surface area contributed by atoms with E-state index < -0.39 is 12.2 Å². The molecule has 226 valence electrons. The van der Waals surface area contributed by atoms with Gasteiger partial charge in [-0.15, -0.1) is 0 Å². The van der Waals surface area contributed by atoms with E-state index >= 15 is 0 Å². The number of pyridine rings is 1. The van der Waals surface area contributed by atoms with Gasteiger partial charge in [0.25, 0.3) is 0 Å². The van der Waals surface area contributed by atoms with Crippen molar-refractivity contribution in [1.29, 1.82) is 0 Å². The molecule has 4 aliphatic heterocycles. The Morgan fingerprint density at radius 2 is 1.79 bits per heavy atom. The molecule has 7 heterocycles. The highest BCUT2D eigenvalue weighted by Gasteiger charge is 2.40. The summed E-state index contributed by atoms with van der Waals surface area (Å²) in [5.74, 6) is 1.22. The van der Waals surface area contributed by atoms with Gasteiger partial charge in [0, 0.05) is 44.1 Å². The summed E-state index contributed by atoms with van der Waals surface area (Å²) in [4.78, 5) is 53.4. The molecule has 0 aliphatic carbocycles. The molecule has 0 radical (unpaired) electrons. The van der Waals surface area contributed by atoms with Gasteiger partial charge in [-0.25, -0.2) is 24.1 Å². The summed E-state index contributed by atoms with van der Waals surface area (Å²) in [5, 5.41) is 4.48. The van der Waals surface area contributed by atoms with Crippen LogP contribution in [0.15, 0.2) is 36.8 Å². The number of piperazine rings is 1. The number of rotatable bonds is 6. The van der Waals surface area contributed by atoms with E-state index in [0.717, 1.165) is 16.9 Å². The number of anilines is 1. The Labute approximate surface area is 246 Å². The van der Waals surface area contributed by atoms with Crippen LogP contribution in [0.3, 0.4) is 0 Å². The fraction of sp³-hybridized carbons (Fsp3) is 0.500. The SMILES string of the molecule is COC(=O)N1CC(Oc2ncccc2-c2cnn3ccc(N4CCN(C(=O)O[C@@H]5CC(=O)N(C6COC6)C5)CC4)nc23)C1. The molecule has 15 heteroatoms. The van der Waals surface area contributed by atoms with Crippen molar-refractivity contribution in [2.75, 3.05) is 71.0 Å². The molecule has 7 rings (SSSR count). The van der Waals surface area contributed by atoms with Crippen molar-refractivity contribution in [1.82, 2.24) is 34.3 Å². The number of hydrogen-bond donors (Lipinski definition) is 0. The van der Waals surface area contributed by atoms with Crippen molar-refractivity contribution in [3.8, 4) is 17.0 Å². The van der Waals surface area contributed by atoms with Gasteiger partial charge < -0.3 is 38.5 Å². The number of likely N-dealkylation sites (tertiary alicyclic amines) is 2. The summed E-state index contributed by atoms with van der Waals surface area (Å²) in [5.41, 5.74) is 2.17. The van der Waals surface area contributed by atoms with Crippen molar-refractivity contribution in [3.05, 3.63) is 36.8 Å². The minimum absolute atomic E-state index is 0.00911. The smallest absolute Gasteiger partial charge is 0.410 e. The third kappa shape index (κ3) is 5.24. The molecule has 0 saturated carbocycles. The van der Waals surface area contributed by atoms with Crippen LogP contribution >= 0.6 is 0 Å². The second-order valence-electron chi connectivity index (χ2n) is 11.0. The van der Waals surface area contributed by atoms with E-state index in [1.165, 1.54) is 7.11 Å². The number of fused-ring (bicyclic) bond motifs is 1. The number of carbonyl (C=O) groups excluding carboxylic acids is 3. The number of ether oxygens (including phenoxy) is 4. The van der Waals surface area contributed by atoms with Crippen LogP contribution in [-0.2, 0) is 19.0 Å². The van der Waals surface area contributed by atoms with E-state index in [1.54, 1.807) is 31.6 Å². The second kappa shape index (κ2) is 11.2. The molecule has 4 aliphatic rings. The van der Waals surface area contributed by atoms with Crippen molar-refractivity contribution in [2.24, 2.45) is 0 Å². The number of amides is 3. The first-order chi connectivity index (χ1) is 21.0. The van der Waals surface area contributed by atoms with Crippen LogP contribution in [-0.4, -0.2) is 137 Å². The molecule has 3 amide bonds. The molecular formula is C28H32N8O7. The Bertz CT molecular complexity index is 1530. The van der Waals surface area contributed by atoms with Crippen LogP contribution in [0.2, 0.25) is 0 Å². The quantitative estimate of drug-likeness (QED) is 0.402. The zero-order valence-corrected chi connectivity index (χ0v) is 23.7. The van der Waals surface area contributed by atoms with Gasteiger partial charge in [-0.1, -0.05) is 0 Å². The first-order valence-corrected chi connectivity index (χ1v) is 14.3. The monoisotopic (exact) mass is 592 g/mol. The van der Waals surface area contributed by atoms with E-state index in [0.29, 0.717) is 70.6 Å². The lowest BCUT2D eigenvalue weighted by Crippen LogP contribution is -2.56. The predicted molar refractivity (Wildman–Crippen MR) is 150 cm³/mol. The molecular weight excluding hydrogens is 560 g/mol. The number of carbonyl (C=O) groups is 3. The third-order valence-electron chi connectivity index (χ3n) is 8.29. The van der Waals surface area contributed by atoms with Crippen molar-refractivity contribution >= 4 is 29.6 Å². The summed E-state index contributed by atoms with van der Waals surface area (Å²) in [6, 6.07) is 5.74. The summed E-state index contributed by atoms with van der Waals surface area (Å²) in [6.07, 6.45) is 4.08. The van der Waals surface area contributed by atoms with E-state index in [9.17, 15) is 14.4 Å². The van der Waals surface area contributed by atoms with Gasteiger partial charge in [0.1, 0.15) is 18.0 Å². The van der Waals surface area contributed by atoms with Gasteiger partial charge >= 0.3 is 12.2 Å². The van der Waals surface area contributed by atoms with Crippen LogP contribution in [0.25, 0.3) is 16.8 Å². The van der Waals surface area contributed by atoms with Crippen LogP contribution in [0.5, 0.6) is 5.88 Å². The van der Waals surface area contributed by atoms with Crippen LogP contribution in [0.1, 0.15) is 6.42 Å². The number of methoxy groups -OCH3 is 1. The van der Waals surface area contributed by atoms with E-state index in [1.807, 2.05) is 24.4 Å². The summed E-state index contributed by atoms with van der Waals surface area (Å²) < 4.78 is 23.5. The lowest BCUT2D eigenvalue weighted by atomic mass is 10.1. The first kappa shape index (κ1) is 27.2. The summed E-state index contributed by atoms with van der Waals surface area (Å²) >= 11 is 0. The molecule has 0 aromatic carbocycles. The Morgan fingerprint density at radius 1 is 0.977 bits per heavy atom. The average Bonchev–Trinajstić information content (AvgIpc) is 3.56. The standard InChI is InChI=1S/C28H32N8O7/c1-40-27(38)34-13-20(14-34)42-26-21(3-2-5-29-26)22-12-30-36-6-4-23(31-25(22)36)32-7-9-33(10-8-32)28(39)43-19-11-24(37)35(15-19)18-16-41-17-18/h2-6,12,18-20H,7-11,13-17H2,1H3/t19-/m1/s1. The molecule has 0 N–H and O–H groups in total. The minimum Gasteiger partial charge on any atom is -0.470 e. The highest BCUT2D eigenvalue weighted by molar-refractivity contribution is 5.81. The molecule has 1 atom stereocenters. The second-order valence-corrected chi connectivity index (χ2v) is 11.0. The van der Waals surface area contributed by atoms with Crippen molar-refractivity contribution in [2.45, 2.75) is 24.7 Å². The first-order valence-electron chi connectivity index (χ1n) is 14.3. The fourth-order valence-corrected chi connectivity index (χ4v) is 5.73. The zero-order chi connectivity index (χ0) is 29.5. The van der Waals surface area contributed by atoms with E-state index in [-0.39, 0.29) is 30.6 Å². The molecule has 4 saturated heterocycles. The maximum atomic E-state index is 12.9. The van der Waals surface area contributed by atoms with E-state index in [2.05, 4.69) is 15.0 Å². The molecule has 4 fully saturated rings. The molecule has 3 aromatic rings. The molecule has 0 bridgehead atoms. The molecule has 0 spiro atoms. The van der Waals surface area contributed by atoms with Gasteiger partial charge in [-0.05, 0) is 18.2 Å². The highest BCUT2D eigenvalue weighted by Crippen LogP contribution is 2.33. The maximum Gasteiger partial charge on any atom is 0.410 e. The number of hydrogen-bond acceptors (Lipinski definition) is 11. The normalized spacial score (nSPS) is 21.1. The minimum atomic E-state index is -0.430. The lowest BCUT2D eigenvalue weighted by molar-refractivity contribution is -0.139. The van der Waals surface area contributed by atoms with Crippen LogP contribution in [0, 0.1) is 0 Å². The highest BCUT2D eigenvalue weighted by atomic mass is 16.6. The largest absolute Gasteiger partial charge is 0.470 e. The Morgan fingerprint density at radius 3 is 2.53 bits per heavy atom. The lowest BCUT2D eigenvalue weighted by Gasteiger charge is -2.37. The van der Waals surface area contributed by atoms with Crippen molar-refractivity contribution < 1.29 is 33.3 Å². The van der Waals surface area contributed by atoms with Gasteiger partial charge in [0.15, 0.2) is 5.65 Å².